The van der Waals surface area contributed by atoms with Crippen LogP contribution in [0.2, 0.25) is 0 Å². The van der Waals surface area contributed by atoms with E-state index in [9.17, 15) is 14.4 Å². The van der Waals surface area contributed by atoms with Gasteiger partial charge < -0.3 is 15.0 Å². The number of nitrogens with one attached hydrogen (secondary N) is 2. The third kappa shape index (κ3) is 5.81. The van der Waals surface area contributed by atoms with Crippen molar-refractivity contribution in [2.45, 2.75) is 38.9 Å². The number of imide groups is 1. The van der Waals surface area contributed by atoms with Gasteiger partial charge in [0.2, 0.25) is 11.8 Å². The number of nitrogens with zero attached hydrogens (tertiary/aromatic N) is 2. The van der Waals surface area contributed by atoms with Gasteiger partial charge in [0, 0.05) is 50.9 Å². The highest BCUT2D eigenvalue weighted by atomic mass is 16.5. The largest absolute Gasteiger partial charge is 0.387 e. The monoisotopic (exact) mass is 464 g/mol. The molecule has 34 heavy (non-hydrogen) atoms. The normalized spacial score (nSPS) is 24.4. The lowest BCUT2D eigenvalue weighted by molar-refractivity contribution is -0.142. The molecule has 1 aromatic rings. The number of amides is 3. The van der Waals surface area contributed by atoms with Crippen LogP contribution in [-0.2, 0) is 32.2 Å². The third-order valence-corrected chi connectivity index (χ3v) is 6.33. The Kier molecular flexibility index (Phi) is 7.92. The molecular formula is C26H32N4O4. The number of carbonyl (C=O) groups is 3. The Morgan fingerprint density at radius 3 is 2.56 bits per heavy atom. The van der Waals surface area contributed by atoms with E-state index in [0.717, 1.165) is 44.0 Å². The summed E-state index contributed by atoms with van der Waals surface area (Å²) in [6.45, 7) is 7.31. The fraction of sp³-hybridized carbons (Fsp3) is 0.423. The number of hydrogen-bond donors (Lipinski definition) is 2. The Balaban J connectivity index is 1.39. The molecule has 0 aromatic heterocycles. The second-order valence-electron chi connectivity index (χ2n) is 8.76. The number of carbonyl (C=O) groups excluding carboxylic acids is 3. The highest BCUT2D eigenvalue weighted by Gasteiger charge is 2.40. The summed E-state index contributed by atoms with van der Waals surface area (Å²) in [5.41, 5.74) is 3.82. The zero-order valence-corrected chi connectivity index (χ0v) is 19.6. The van der Waals surface area contributed by atoms with E-state index in [2.05, 4.69) is 39.8 Å². The van der Waals surface area contributed by atoms with Crippen LogP contribution in [0.25, 0.3) is 0 Å². The van der Waals surface area contributed by atoms with Crippen LogP contribution in [0.4, 0.5) is 0 Å². The minimum atomic E-state index is -0.621. The van der Waals surface area contributed by atoms with Crippen molar-refractivity contribution in [2.75, 3.05) is 32.8 Å². The molecule has 3 amide bonds. The number of likely N-dealkylation sites (tertiary alicyclic amines) is 1. The average Bonchev–Trinajstić information content (AvgIpc) is 3.14. The molecule has 180 valence electrons. The lowest BCUT2D eigenvalue weighted by Gasteiger charge is -2.28. The van der Waals surface area contributed by atoms with Gasteiger partial charge in [-0.15, -0.1) is 0 Å². The topological polar surface area (TPSA) is 91.0 Å². The molecule has 0 spiro atoms. The van der Waals surface area contributed by atoms with E-state index in [4.69, 9.17) is 4.74 Å². The first-order chi connectivity index (χ1) is 16.5. The van der Waals surface area contributed by atoms with Crippen LogP contribution < -0.4 is 10.6 Å². The van der Waals surface area contributed by atoms with E-state index >= 15 is 0 Å². The van der Waals surface area contributed by atoms with E-state index in [0.29, 0.717) is 25.1 Å². The number of piperidine rings is 1. The average molecular weight is 465 g/mol. The minimum absolute atomic E-state index is 0.187. The van der Waals surface area contributed by atoms with Crippen LogP contribution in [0.1, 0.15) is 30.9 Å². The van der Waals surface area contributed by atoms with Crippen LogP contribution in [-0.4, -0.2) is 66.4 Å². The molecule has 0 bridgehead atoms. The summed E-state index contributed by atoms with van der Waals surface area (Å²) in [4.78, 5) is 40.8. The second-order valence-corrected chi connectivity index (χ2v) is 8.76. The fourth-order valence-corrected chi connectivity index (χ4v) is 4.43. The number of rotatable bonds is 7. The van der Waals surface area contributed by atoms with E-state index in [1.165, 1.54) is 5.56 Å². The van der Waals surface area contributed by atoms with Crippen molar-refractivity contribution in [2.24, 2.45) is 0 Å². The first-order valence-electron chi connectivity index (χ1n) is 11.8. The smallest absolute Gasteiger partial charge is 0.255 e. The number of morpholine rings is 1. The van der Waals surface area contributed by atoms with Crippen molar-refractivity contribution in [3.63, 3.8) is 0 Å². The maximum atomic E-state index is 13.1. The van der Waals surface area contributed by atoms with Gasteiger partial charge in [0.1, 0.15) is 6.04 Å². The summed E-state index contributed by atoms with van der Waals surface area (Å²) < 4.78 is 5.41. The van der Waals surface area contributed by atoms with Crippen LogP contribution >= 0.6 is 0 Å². The molecule has 0 aliphatic carbocycles. The summed E-state index contributed by atoms with van der Waals surface area (Å²) in [5.74, 6) is -0.875. The van der Waals surface area contributed by atoms with E-state index in [-0.39, 0.29) is 18.2 Å². The Labute approximate surface area is 200 Å². The van der Waals surface area contributed by atoms with E-state index < -0.39 is 11.9 Å². The molecule has 4 rings (SSSR count). The SMILES string of the molecule is C\C=C/C=C1/C(=O)N(C2CCC(=O)NC2=O)C/C1=C\NCc1ccc(CN2CCOCC2)cc1. The minimum Gasteiger partial charge on any atom is -0.387 e. The Morgan fingerprint density at radius 1 is 1.12 bits per heavy atom. The molecule has 0 radical (unpaired) electrons. The van der Waals surface area contributed by atoms with Crippen molar-refractivity contribution >= 4 is 17.7 Å². The number of allylic oxidation sites excluding steroid dienone is 3. The van der Waals surface area contributed by atoms with Gasteiger partial charge in [0.25, 0.3) is 5.91 Å². The van der Waals surface area contributed by atoms with Gasteiger partial charge in [-0.2, -0.15) is 0 Å². The van der Waals surface area contributed by atoms with Gasteiger partial charge in [0.05, 0.1) is 13.2 Å². The van der Waals surface area contributed by atoms with Crippen LogP contribution in [0, 0.1) is 0 Å². The molecule has 1 aromatic carbocycles. The maximum Gasteiger partial charge on any atom is 0.255 e. The zero-order valence-electron chi connectivity index (χ0n) is 19.6. The van der Waals surface area contributed by atoms with E-state index in [1.807, 2.05) is 25.3 Å². The molecule has 1 unspecified atom stereocenters. The predicted molar refractivity (Wildman–Crippen MR) is 128 cm³/mol. The molecule has 1 atom stereocenters. The molecule has 2 N–H and O–H groups in total. The molecule has 3 aliphatic rings. The number of ether oxygens (including phenoxy) is 1. The van der Waals surface area contributed by atoms with Crippen molar-refractivity contribution in [1.82, 2.24) is 20.4 Å². The zero-order chi connectivity index (χ0) is 23.9. The predicted octanol–water partition coefficient (Wildman–Crippen LogP) is 1.64. The molecule has 0 saturated carbocycles. The molecule has 3 saturated heterocycles. The quantitative estimate of drug-likeness (QED) is 0.471. The van der Waals surface area contributed by atoms with Gasteiger partial charge in [-0.3, -0.25) is 24.6 Å². The lowest BCUT2D eigenvalue weighted by atomic mass is 10.0. The number of hydrogen-bond acceptors (Lipinski definition) is 6. The fourth-order valence-electron chi connectivity index (χ4n) is 4.43. The molecule has 3 fully saturated rings. The van der Waals surface area contributed by atoms with Crippen molar-refractivity contribution in [3.05, 3.63) is 71.0 Å². The van der Waals surface area contributed by atoms with Crippen molar-refractivity contribution in [1.29, 1.82) is 0 Å². The van der Waals surface area contributed by atoms with Crippen molar-refractivity contribution in [3.8, 4) is 0 Å². The van der Waals surface area contributed by atoms with E-state index in [1.54, 1.807) is 11.0 Å². The molecule has 3 aliphatic heterocycles. The van der Waals surface area contributed by atoms with Gasteiger partial charge in [-0.05, 0) is 36.1 Å². The maximum absolute atomic E-state index is 13.1. The molecular weight excluding hydrogens is 432 g/mol. The van der Waals surface area contributed by atoms with Gasteiger partial charge >= 0.3 is 0 Å². The van der Waals surface area contributed by atoms with Gasteiger partial charge in [0.15, 0.2) is 0 Å². The highest BCUT2D eigenvalue weighted by Crippen LogP contribution is 2.27. The first kappa shape index (κ1) is 23.9. The summed E-state index contributed by atoms with van der Waals surface area (Å²) in [7, 11) is 0. The molecule has 8 heteroatoms. The van der Waals surface area contributed by atoms with Crippen LogP contribution in [0.3, 0.4) is 0 Å². The molecule has 3 heterocycles. The van der Waals surface area contributed by atoms with Gasteiger partial charge in [-0.1, -0.05) is 36.4 Å². The van der Waals surface area contributed by atoms with Crippen LogP contribution in [0.15, 0.2) is 59.8 Å². The third-order valence-electron chi connectivity index (χ3n) is 6.33. The summed E-state index contributed by atoms with van der Waals surface area (Å²) in [6.07, 6.45) is 7.92. The first-order valence-corrected chi connectivity index (χ1v) is 11.8. The summed E-state index contributed by atoms with van der Waals surface area (Å²) >= 11 is 0. The molecule has 8 nitrogen and oxygen atoms in total. The summed E-state index contributed by atoms with van der Waals surface area (Å²) in [5, 5.41) is 5.67. The Hall–Kier alpha value is -3.23. The Morgan fingerprint density at radius 2 is 1.85 bits per heavy atom. The second kappa shape index (κ2) is 11.3. The van der Waals surface area contributed by atoms with Crippen molar-refractivity contribution < 1.29 is 19.1 Å². The summed E-state index contributed by atoms with van der Waals surface area (Å²) in [6, 6.07) is 7.92. The highest BCUT2D eigenvalue weighted by molar-refractivity contribution is 6.07. The number of benzene rings is 1. The lowest BCUT2D eigenvalue weighted by Crippen LogP contribution is -2.52. The Bertz CT molecular complexity index is 1010. The standard InChI is InChI=1S/C26H32N4O4/c1-2-3-4-22-21(18-30(26(22)33)23-9-10-24(31)28-25(23)32)16-27-15-19-5-7-20(8-6-19)17-29-11-13-34-14-12-29/h2-8,16,23,27H,9-15,17-18H2,1H3,(H,28,31,32)/b3-2-,21-16+,22-4+. The van der Waals surface area contributed by atoms with Crippen LogP contribution in [0.5, 0.6) is 0 Å². The van der Waals surface area contributed by atoms with Gasteiger partial charge in [-0.25, -0.2) is 0 Å².